The molecule has 0 N–H and O–H groups in total. The second kappa shape index (κ2) is 4.27. The lowest BCUT2D eigenvalue weighted by Gasteiger charge is -2.04. The molecule has 0 aromatic carbocycles. The van der Waals surface area contributed by atoms with Gasteiger partial charge in [-0.25, -0.2) is 26.6 Å². The number of hydrogen-bond donors (Lipinski definition) is 0. The Hall–Kier alpha value is -1.33. The van der Waals surface area contributed by atoms with Crippen molar-refractivity contribution in [3.8, 4) is 6.07 Å². The lowest BCUT2D eigenvalue weighted by atomic mass is 10.3. The zero-order chi connectivity index (χ0) is 12.5. The maximum absolute atomic E-state index is 13.2. The van der Waals surface area contributed by atoms with Crippen LogP contribution in [0.2, 0.25) is 0 Å². The van der Waals surface area contributed by atoms with E-state index in [2.05, 4.69) is 4.98 Å². The fraction of sp³-hybridized carbons (Fsp3) is 0.143. The summed E-state index contributed by atoms with van der Waals surface area (Å²) in [5.41, 5.74) is -2.02. The average molecular weight is 271 g/mol. The first-order valence-electron chi connectivity index (χ1n) is 3.60. The first-order chi connectivity index (χ1) is 7.27. The SMILES string of the molecule is N#Cc1nc(C(F)F)cc(F)c1S(=O)(=O)Cl. The Morgan fingerprint density at radius 2 is 2.06 bits per heavy atom. The van der Waals surface area contributed by atoms with E-state index in [9.17, 15) is 21.6 Å². The van der Waals surface area contributed by atoms with Crippen LogP contribution in [0.4, 0.5) is 13.2 Å². The summed E-state index contributed by atoms with van der Waals surface area (Å²) in [6, 6.07) is 1.41. The summed E-state index contributed by atoms with van der Waals surface area (Å²) in [7, 11) is 0.282. The van der Waals surface area contributed by atoms with Gasteiger partial charge in [0, 0.05) is 16.7 Å². The van der Waals surface area contributed by atoms with Gasteiger partial charge in [-0.15, -0.1) is 0 Å². The van der Waals surface area contributed by atoms with Gasteiger partial charge in [0.05, 0.1) is 0 Å². The molecule has 16 heavy (non-hydrogen) atoms. The van der Waals surface area contributed by atoms with Crippen molar-refractivity contribution < 1.29 is 21.6 Å². The third-order valence-corrected chi connectivity index (χ3v) is 2.86. The molecule has 0 unspecified atom stereocenters. The van der Waals surface area contributed by atoms with Crippen LogP contribution in [-0.2, 0) is 9.05 Å². The highest BCUT2D eigenvalue weighted by molar-refractivity contribution is 8.13. The Bertz CT molecular complexity index is 568. The number of nitriles is 1. The van der Waals surface area contributed by atoms with Crippen LogP contribution in [0.15, 0.2) is 11.0 Å². The molecule has 0 aliphatic carbocycles. The predicted molar refractivity (Wildman–Crippen MR) is 46.9 cm³/mol. The predicted octanol–water partition coefficient (Wildman–Crippen LogP) is 1.96. The number of nitrogens with zero attached hydrogens (tertiary/aromatic N) is 2. The van der Waals surface area contributed by atoms with Crippen molar-refractivity contribution in [2.24, 2.45) is 0 Å². The molecule has 0 amide bonds. The Morgan fingerprint density at radius 3 is 2.44 bits per heavy atom. The zero-order valence-electron chi connectivity index (χ0n) is 7.29. The van der Waals surface area contributed by atoms with Crippen molar-refractivity contribution in [3.63, 3.8) is 0 Å². The van der Waals surface area contributed by atoms with Gasteiger partial charge in [-0.1, -0.05) is 0 Å². The molecule has 1 aromatic rings. The molecule has 1 aromatic heterocycles. The number of hydrogen-bond acceptors (Lipinski definition) is 4. The smallest absolute Gasteiger partial charge is 0.234 e. The van der Waals surface area contributed by atoms with Gasteiger partial charge >= 0.3 is 0 Å². The van der Waals surface area contributed by atoms with E-state index >= 15 is 0 Å². The second-order valence-corrected chi connectivity index (χ2v) is 5.06. The van der Waals surface area contributed by atoms with Gasteiger partial charge in [-0.3, -0.25) is 0 Å². The topological polar surface area (TPSA) is 70.8 Å². The molecule has 0 aliphatic rings. The van der Waals surface area contributed by atoms with Crippen molar-refractivity contribution in [3.05, 3.63) is 23.3 Å². The minimum Gasteiger partial charge on any atom is -0.234 e. The third kappa shape index (κ3) is 2.43. The summed E-state index contributed by atoms with van der Waals surface area (Å²) in [5, 5.41) is 8.47. The minimum atomic E-state index is -4.55. The van der Waals surface area contributed by atoms with Crippen LogP contribution >= 0.6 is 10.7 Å². The van der Waals surface area contributed by atoms with E-state index < -0.39 is 37.6 Å². The van der Waals surface area contributed by atoms with Crippen LogP contribution in [0.1, 0.15) is 17.8 Å². The van der Waals surface area contributed by atoms with E-state index in [0.717, 1.165) is 0 Å². The molecule has 0 bridgehead atoms. The molecule has 86 valence electrons. The molecule has 0 aliphatic heterocycles. The van der Waals surface area contributed by atoms with Gasteiger partial charge in [0.1, 0.15) is 17.6 Å². The highest BCUT2D eigenvalue weighted by atomic mass is 35.7. The molecule has 0 spiro atoms. The molecule has 0 atom stereocenters. The van der Waals surface area contributed by atoms with Crippen molar-refractivity contribution in [1.29, 1.82) is 5.26 Å². The van der Waals surface area contributed by atoms with Gasteiger partial charge in [0.15, 0.2) is 10.6 Å². The highest BCUT2D eigenvalue weighted by Crippen LogP contribution is 2.26. The zero-order valence-corrected chi connectivity index (χ0v) is 8.86. The normalized spacial score (nSPS) is 11.5. The first-order valence-corrected chi connectivity index (χ1v) is 5.91. The monoisotopic (exact) mass is 270 g/mol. The van der Waals surface area contributed by atoms with E-state index in [0.29, 0.717) is 0 Å². The minimum absolute atomic E-state index is 0.223. The molecular weight excluding hydrogens is 269 g/mol. The number of halogens is 4. The molecular formula is C7H2ClF3N2O2S. The van der Waals surface area contributed by atoms with Crippen molar-refractivity contribution >= 4 is 19.7 Å². The van der Waals surface area contributed by atoms with Crippen LogP contribution in [0.25, 0.3) is 0 Å². The molecule has 0 saturated carbocycles. The fourth-order valence-corrected chi connectivity index (χ4v) is 1.99. The van der Waals surface area contributed by atoms with Gasteiger partial charge in [-0.2, -0.15) is 5.26 Å². The van der Waals surface area contributed by atoms with Crippen LogP contribution in [0, 0.1) is 17.1 Å². The molecule has 1 heterocycles. The largest absolute Gasteiger partial charge is 0.280 e. The number of alkyl halides is 2. The van der Waals surface area contributed by atoms with E-state index in [4.69, 9.17) is 15.9 Å². The highest BCUT2D eigenvalue weighted by Gasteiger charge is 2.25. The summed E-state index contributed by atoms with van der Waals surface area (Å²) in [5.74, 6) is -1.53. The van der Waals surface area contributed by atoms with Crippen LogP contribution in [0.5, 0.6) is 0 Å². The summed E-state index contributed by atoms with van der Waals surface area (Å²) in [6.07, 6.45) is -3.12. The third-order valence-electron chi connectivity index (χ3n) is 1.52. The van der Waals surface area contributed by atoms with Crippen molar-refractivity contribution in [1.82, 2.24) is 4.98 Å². The standard InChI is InChI=1S/C7H2ClF3N2O2S/c8-16(14,15)6-3(9)1-4(7(10)11)13-5(6)2-12/h1,7H. The van der Waals surface area contributed by atoms with E-state index in [1.165, 1.54) is 6.07 Å². The lowest BCUT2D eigenvalue weighted by molar-refractivity contribution is 0.145. The Kier molecular flexibility index (Phi) is 3.40. The van der Waals surface area contributed by atoms with Crippen molar-refractivity contribution in [2.75, 3.05) is 0 Å². The molecule has 0 radical (unpaired) electrons. The molecule has 9 heteroatoms. The van der Waals surface area contributed by atoms with Crippen LogP contribution in [0.3, 0.4) is 0 Å². The Labute approximate surface area is 92.7 Å². The number of aromatic nitrogens is 1. The summed E-state index contributed by atoms with van der Waals surface area (Å²) >= 11 is 0. The van der Waals surface area contributed by atoms with Gasteiger partial charge in [-0.05, 0) is 0 Å². The maximum atomic E-state index is 13.2. The van der Waals surface area contributed by atoms with E-state index in [-0.39, 0.29) is 6.07 Å². The van der Waals surface area contributed by atoms with Crippen LogP contribution in [-0.4, -0.2) is 13.4 Å². The quantitative estimate of drug-likeness (QED) is 0.770. The van der Waals surface area contributed by atoms with Gasteiger partial charge in [0.25, 0.3) is 15.5 Å². The van der Waals surface area contributed by atoms with Crippen LogP contribution < -0.4 is 0 Å². The van der Waals surface area contributed by atoms with Gasteiger partial charge in [0.2, 0.25) is 0 Å². The molecule has 1 rings (SSSR count). The second-order valence-electron chi connectivity index (χ2n) is 2.56. The molecule has 0 fully saturated rings. The number of rotatable bonds is 2. The fourth-order valence-electron chi connectivity index (χ4n) is 0.940. The first kappa shape index (κ1) is 12.7. The van der Waals surface area contributed by atoms with Crippen molar-refractivity contribution in [2.45, 2.75) is 11.3 Å². The Balaban J connectivity index is 3.62. The summed E-state index contributed by atoms with van der Waals surface area (Å²) in [4.78, 5) is 1.81. The lowest BCUT2D eigenvalue weighted by Crippen LogP contribution is -2.05. The summed E-state index contributed by atoms with van der Waals surface area (Å²) < 4.78 is 59.2. The molecule has 0 saturated heterocycles. The van der Waals surface area contributed by atoms with Gasteiger partial charge < -0.3 is 0 Å². The van der Waals surface area contributed by atoms with E-state index in [1.54, 1.807) is 0 Å². The maximum Gasteiger partial charge on any atom is 0.280 e. The van der Waals surface area contributed by atoms with E-state index in [1.807, 2.05) is 0 Å². The summed E-state index contributed by atoms with van der Waals surface area (Å²) in [6.45, 7) is 0. The molecule has 4 nitrogen and oxygen atoms in total. The number of pyridine rings is 1. The average Bonchev–Trinajstić information content (AvgIpc) is 2.14. The Morgan fingerprint density at radius 1 is 1.50 bits per heavy atom.